The van der Waals surface area contributed by atoms with E-state index in [-0.39, 0.29) is 5.60 Å². The molecule has 0 amide bonds. The first-order valence-corrected chi connectivity index (χ1v) is 4.42. The standard InChI is InChI=1S/C10H18O2/c1-5-8-6-7-10(4,11)12-9(8,2)3/h5,8,11H,1,6-7H2,2-4H3. The quantitative estimate of drug-likeness (QED) is 0.610. The highest BCUT2D eigenvalue weighted by Gasteiger charge is 2.41. The Kier molecular flexibility index (Phi) is 2.32. The van der Waals surface area contributed by atoms with Crippen LogP contribution >= 0.6 is 0 Å². The van der Waals surface area contributed by atoms with E-state index in [0.717, 1.165) is 6.42 Å². The van der Waals surface area contributed by atoms with Crippen LogP contribution in [0.1, 0.15) is 33.6 Å². The molecule has 1 N–H and O–H groups in total. The van der Waals surface area contributed by atoms with Crippen molar-refractivity contribution in [2.45, 2.75) is 45.0 Å². The highest BCUT2D eigenvalue weighted by molar-refractivity contribution is 4.96. The number of rotatable bonds is 1. The van der Waals surface area contributed by atoms with Gasteiger partial charge in [-0.3, -0.25) is 0 Å². The van der Waals surface area contributed by atoms with E-state index in [1.807, 2.05) is 19.9 Å². The summed E-state index contributed by atoms with van der Waals surface area (Å²) in [6, 6.07) is 0. The van der Waals surface area contributed by atoms with Crippen LogP contribution in [0.25, 0.3) is 0 Å². The van der Waals surface area contributed by atoms with Crippen molar-refractivity contribution in [3.8, 4) is 0 Å². The second-order valence-corrected chi connectivity index (χ2v) is 4.26. The molecule has 1 saturated heterocycles. The number of hydrogen-bond donors (Lipinski definition) is 1. The summed E-state index contributed by atoms with van der Waals surface area (Å²) in [5.74, 6) is -0.610. The van der Waals surface area contributed by atoms with Gasteiger partial charge in [-0.25, -0.2) is 0 Å². The molecule has 2 heteroatoms. The van der Waals surface area contributed by atoms with E-state index in [2.05, 4.69) is 6.58 Å². The second-order valence-electron chi connectivity index (χ2n) is 4.26. The minimum absolute atomic E-state index is 0.288. The van der Waals surface area contributed by atoms with E-state index < -0.39 is 5.79 Å². The molecule has 0 aromatic heterocycles. The van der Waals surface area contributed by atoms with E-state index in [0.29, 0.717) is 12.3 Å². The Balaban J connectivity index is 2.73. The maximum Gasteiger partial charge on any atom is 0.163 e. The molecule has 0 spiro atoms. The minimum Gasteiger partial charge on any atom is -0.366 e. The third kappa shape index (κ3) is 1.87. The zero-order chi connectivity index (χ0) is 9.41. The summed E-state index contributed by atoms with van der Waals surface area (Å²) in [5.41, 5.74) is -0.288. The Morgan fingerprint density at radius 3 is 2.50 bits per heavy atom. The van der Waals surface area contributed by atoms with E-state index in [1.54, 1.807) is 6.92 Å². The average molecular weight is 170 g/mol. The fraction of sp³-hybridized carbons (Fsp3) is 0.800. The van der Waals surface area contributed by atoms with Crippen molar-refractivity contribution >= 4 is 0 Å². The number of hydrogen-bond acceptors (Lipinski definition) is 2. The Hall–Kier alpha value is -0.340. The molecule has 12 heavy (non-hydrogen) atoms. The molecule has 1 heterocycles. The zero-order valence-corrected chi connectivity index (χ0v) is 8.13. The minimum atomic E-state index is -0.955. The molecule has 2 atom stereocenters. The summed E-state index contributed by atoms with van der Waals surface area (Å²) in [7, 11) is 0. The van der Waals surface area contributed by atoms with E-state index in [9.17, 15) is 5.11 Å². The Labute approximate surface area is 74.2 Å². The lowest BCUT2D eigenvalue weighted by Gasteiger charge is -2.44. The van der Waals surface area contributed by atoms with Gasteiger partial charge >= 0.3 is 0 Å². The first kappa shape index (κ1) is 9.75. The van der Waals surface area contributed by atoms with Crippen molar-refractivity contribution in [3.05, 3.63) is 12.7 Å². The smallest absolute Gasteiger partial charge is 0.163 e. The molecule has 1 aliphatic heterocycles. The van der Waals surface area contributed by atoms with Gasteiger partial charge in [0.15, 0.2) is 5.79 Å². The fourth-order valence-corrected chi connectivity index (χ4v) is 1.87. The second kappa shape index (κ2) is 2.86. The molecule has 1 rings (SSSR count). The van der Waals surface area contributed by atoms with Crippen molar-refractivity contribution in [1.82, 2.24) is 0 Å². The van der Waals surface area contributed by atoms with Crippen molar-refractivity contribution in [3.63, 3.8) is 0 Å². The maximum atomic E-state index is 9.67. The SMILES string of the molecule is C=CC1CCC(C)(O)OC1(C)C. The molecule has 1 fully saturated rings. The van der Waals surface area contributed by atoms with E-state index in [1.165, 1.54) is 0 Å². The molecule has 70 valence electrons. The zero-order valence-electron chi connectivity index (χ0n) is 8.13. The molecular formula is C10H18O2. The molecule has 0 saturated carbocycles. The lowest BCUT2D eigenvalue weighted by molar-refractivity contribution is -0.282. The Bertz CT molecular complexity index is 182. The summed E-state index contributed by atoms with van der Waals surface area (Å²) in [6.45, 7) is 9.47. The van der Waals surface area contributed by atoms with Crippen LogP contribution in [0.3, 0.4) is 0 Å². The summed E-state index contributed by atoms with van der Waals surface area (Å²) >= 11 is 0. The van der Waals surface area contributed by atoms with Gasteiger partial charge in [0, 0.05) is 12.3 Å². The summed E-state index contributed by atoms with van der Waals surface area (Å²) in [6.07, 6.45) is 3.55. The Morgan fingerprint density at radius 1 is 1.50 bits per heavy atom. The van der Waals surface area contributed by atoms with Crippen molar-refractivity contribution in [2.75, 3.05) is 0 Å². The van der Waals surface area contributed by atoms with Crippen LogP contribution in [-0.4, -0.2) is 16.5 Å². The average Bonchev–Trinajstić information content (AvgIpc) is 1.83. The fourth-order valence-electron chi connectivity index (χ4n) is 1.87. The maximum absolute atomic E-state index is 9.67. The van der Waals surface area contributed by atoms with Crippen molar-refractivity contribution < 1.29 is 9.84 Å². The largest absolute Gasteiger partial charge is 0.366 e. The summed E-state index contributed by atoms with van der Waals surface area (Å²) in [4.78, 5) is 0. The summed E-state index contributed by atoms with van der Waals surface area (Å²) < 4.78 is 5.55. The molecule has 2 nitrogen and oxygen atoms in total. The first-order chi connectivity index (χ1) is 5.37. The van der Waals surface area contributed by atoms with Crippen molar-refractivity contribution in [2.24, 2.45) is 5.92 Å². The first-order valence-electron chi connectivity index (χ1n) is 4.42. The highest BCUT2D eigenvalue weighted by Crippen LogP contribution is 2.38. The topological polar surface area (TPSA) is 29.5 Å². The van der Waals surface area contributed by atoms with Gasteiger partial charge in [0.2, 0.25) is 0 Å². The normalized spacial score (nSPS) is 40.8. The monoisotopic (exact) mass is 170 g/mol. The lowest BCUT2D eigenvalue weighted by Crippen LogP contribution is -2.48. The third-order valence-electron chi connectivity index (χ3n) is 2.58. The van der Waals surface area contributed by atoms with Crippen LogP contribution < -0.4 is 0 Å². The number of aliphatic hydroxyl groups is 1. The molecule has 0 aromatic rings. The number of ether oxygens (including phenoxy) is 1. The van der Waals surface area contributed by atoms with Crippen LogP contribution in [0.15, 0.2) is 12.7 Å². The molecule has 1 aliphatic rings. The van der Waals surface area contributed by atoms with Gasteiger partial charge in [0.05, 0.1) is 5.60 Å². The molecule has 0 radical (unpaired) electrons. The van der Waals surface area contributed by atoms with E-state index >= 15 is 0 Å². The van der Waals surface area contributed by atoms with Gasteiger partial charge in [-0.15, -0.1) is 6.58 Å². The van der Waals surface area contributed by atoms with Crippen LogP contribution in [0, 0.1) is 5.92 Å². The Morgan fingerprint density at radius 2 is 2.08 bits per heavy atom. The summed E-state index contributed by atoms with van der Waals surface area (Å²) in [5, 5.41) is 9.67. The van der Waals surface area contributed by atoms with Gasteiger partial charge in [-0.05, 0) is 27.2 Å². The van der Waals surface area contributed by atoms with Crippen LogP contribution in [0.5, 0.6) is 0 Å². The van der Waals surface area contributed by atoms with Gasteiger partial charge in [-0.1, -0.05) is 6.08 Å². The van der Waals surface area contributed by atoms with Crippen molar-refractivity contribution in [1.29, 1.82) is 0 Å². The van der Waals surface area contributed by atoms with Gasteiger partial charge < -0.3 is 9.84 Å². The van der Waals surface area contributed by atoms with E-state index in [4.69, 9.17) is 4.74 Å². The van der Waals surface area contributed by atoms with Crippen LogP contribution in [0.2, 0.25) is 0 Å². The predicted octanol–water partition coefficient (Wildman–Crippen LogP) is 2.09. The third-order valence-corrected chi connectivity index (χ3v) is 2.58. The van der Waals surface area contributed by atoms with Crippen LogP contribution in [0.4, 0.5) is 0 Å². The molecule has 0 aliphatic carbocycles. The highest BCUT2D eigenvalue weighted by atomic mass is 16.6. The van der Waals surface area contributed by atoms with Crippen LogP contribution in [-0.2, 0) is 4.74 Å². The molecule has 0 aromatic carbocycles. The molecule has 2 unspecified atom stereocenters. The van der Waals surface area contributed by atoms with Gasteiger partial charge in [0.1, 0.15) is 0 Å². The molecule has 0 bridgehead atoms. The molecular weight excluding hydrogens is 152 g/mol. The van der Waals surface area contributed by atoms with Gasteiger partial charge in [-0.2, -0.15) is 0 Å². The predicted molar refractivity (Wildman–Crippen MR) is 48.7 cm³/mol. The lowest BCUT2D eigenvalue weighted by atomic mass is 9.82. The van der Waals surface area contributed by atoms with Gasteiger partial charge in [0.25, 0.3) is 0 Å².